The van der Waals surface area contributed by atoms with Gasteiger partial charge in [0.15, 0.2) is 17.3 Å². The molecule has 1 aromatic carbocycles. The summed E-state index contributed by atoms with van der Waals surface area (Å²) in [4.78, 5) is 13.4. The Bertz CT molecular complexity index is 952. The van der Waals surface area contributed by atoms with Crippen LogP contribution >= 0.6 is 0 Å². The summed E-state index contributed by atoms with van der Waals surface area (Å²) in [5.74, 6) is 2.70. The molecule has 4 aliphatic rings. The molecule has 2 N–H and O–H groups in total. The number of amides is 1. The van der Waals surface area contributed by atoms with Gasteiger partial charge in [0.2, 0.25) is 13.1 Å². The number of aliphatic hydroxyl groups excluding tert-OH is 1. The van der Waals surface area contributed by atoms with Crippen molar-refractivity contribution in [3.8, 4) is 11.5 Å². The van der Waals surface area contributed by atoms with Gasteiger partial charge < -0.3 is 38.8 Å². The van der Waals surface area contributed by atoms with Crippen LogP contribution in [0.4, 0.5) is 0 Å². The summed E-state index contributed by atoms with van der Waals surface area (Å²) >= 11 is 0. The molecule has 2 aliphatic heterocycles. The van der Waals surface area contributed by atoms with Crippen molar-refractivity contribution in [3.05, 3.63) is 35.6 Å². The number of ether oxygens (including phenoxy) is 6. The fourth-order valence-electron chi connectivity index (χ4n) is 6.21. The lowest BCUT2D eigenvalue weighted by atomic mass is 9.81. The molecule has 1 amide bonds. The average molecular weight is 518 g/mol. The Labute approximate surface area is 218 Å². The smallest absolute Gasteiger partial charge is 0.286 e. The van der Waals surface area contributed by atoms with Crippen LogP contribution in [0.1, 0.15) is 50.5 Å². The summed E-state index contributed by atoms with van der Waals surface area (Å²) in [5, 5.41) is 12.1. The van der Waals surface area contributed by atoms with Crippen molar-refractivity contribution in [1.29, 1.82) is 0 Å². The van der Waals surface area contributed by atoms with Gasteiger partial charge in [0, 0.05) is 31.1 Å². The first kappa shape index (κ1) is 26.3. The molecular weight excluding hydrogens is 478 g/mol. The quantitative estimate of drug-likeness (QED) is 0.385. The van der Waals surface area contributed by atoms with Crippen LogP contribution in [0, 0.1) is 17.8 Å². The van der Waals surface area contributed by atoms with Gasteiger partial charge in [-0.2, -0.15) is 0 Å². The fraction of sp³-hybridized carbons (Fsp3) is 0.679. The third-order valence-corrected chi connectivity index (χ3v) is 7.98. The molecule has 0 radical (unpaired) electrons. The standard InChI is InChI=1S/C28H39NO8/c1-2-34-28-21(7-9-32-11-12-33-10-8-30)22(19-5-6-24-25(15-19)36-17-35-24)16-26(37-28)27(31)29-23-14-18-3-4-20(23)13-18/h5-6,15-16,18,20-23,28,30H,2-4,7-14,17H2,1H3,(H,29,31). The highest BCUT2D eigenvalue weighted by Crippen LogP contribution is 2.45. The summed E-state index contributed by atoms with van der Waals surface area (Å²) in [6.45, 7) is 4.25. The third kappa shape index (κ3) is 6.22. The summed E-state index contributed by atoms with van der Waals surface area (Å²) < 4.78 is 34.5. The first-order chi connectivity index (χ1) is 18.2. The van der Waals surface area contributed by atoms with Crippen LogP contribution in [0.25, 0.3) is 0 Å². The maximum Gasteiger partial charge on any atom is 0.286 e. The van der Waals surface area contributed by atoms with Crippen LogP contribution < -0.4 is 14.8 Å². The number of benzene rings is 1. The van der Waals surface area contributed by atoms with Gasteiger partial charge in [-0.3, -0.25) is 4.79 Å². The lowest BCUT2D eigenvalue weighted by Crippen LogP contribution is -2.43. The highest BCUT2D eigenvalue weighted by atomic mass is 16.7. The zero-order chi connectivity index (χ0) is 25.6. The van der Waals surface area contributed by atoms with Gasteiger partial charge in [-0.25, -0.2) is 0 Å². The van der Waals surface area contributed by atoms with E-state index in [1.54, 1.807) is 0 Å². The van der Waals surface area contributed by atoms with Crippen molar-refractivity contribution in [1.82, 2.24) is 5.32 Å². The predicted octanol–water partition coefficient (Wildman–Crippen LogP) is 3.11. The molecule has 2 bridgehead atoms. The van der Waals surface area contributed by atoms with E-state index in [2.05, 4.69) is 5.32 Å². The van der Waals surface area contributed by atoms with Crippen molar-refractivity contribution in [2.24, 2.45) is 17.8 Å². The van der Waals surface area contributed by atoms with E-state index in [4.69, 9.17) is 33.5 Å². The van der Waals surface area contributed by atoms with Gasteiger partial charge in [0.1, 0.15) is 0 Å². The number of hydrogen-bond donors (Lipinski definition) is 2. The molecule has 0 saturated heterocycles. The van der Waals surface area contributed by atoms with Gasteiger partial charge in [-0.15, -0.1) is 0 Å². The Kier molecular flexibility index (Phi) is 8.86. The molecule has 2 saturated carbocycles. The van der Waals surface area contributed by atoms with E-state index < -0.39 is 6.29 Å². The number of carbonyl (C=O) groups is 1. The number of hydrogen-bond acceptors (Lipinski definition) is 8. The average Bonchev–Trinajstić information content (AvgIpc) is 3.65. The number of allylic oxidation sites excluding steroid dienone is 1. The van der Waals surface area contributed by atoms with Crippen LogP contribution in [0.15, 0.2) is 30.0 Å². The van der Waals surface area contributed by atoms with Crippen molar-refractivity contribution in [2.45, 2.75) is 57.3 Å². The molecule has 204 valence electrons. The molecule has 2 heterocycles. The molecule has 9 heteroatoms. The van der Waals surface area contributed by atoms with Crippen LogP contribution in [0.2, 0.25) is 0 Å². The summed E-state index contributed by atoms with van der Waals surface area (Å²) in [7, 11) is 0. The Balaban J connectivity index is 1.32. The molecular formula is C28H39NO8. The van der Waals surface area contributed by atoms with Crippen LogP contribution in [-0.4, -0.2) is 69.8 Å². The first-order valence-corrected chi connectivity index (χ1v) is 13.6. The molecule has 6 atom stereocenters. The molecule has 1 aromatic rings. The Morgan fingerprint density at radius 2 is 1.92 bits per heavy atom. The lowest BCUT2D eigenvalue weighted by molar-refractivity contribution is -0.168. The van der Waals surface area contributed by atoms with Crippen molar-refractivity contribution >= 4 is 5.91 Å². The monoisotopic (exact) mass is 517 g/mol. The second-order valence-corrected chi connectivity index (χ2v) is 10.3. The van der Waals surface area contributed by atoms with Gasteiger partial charge in [0.05, 0.1) is 26.4 Å². The zero-order valence-corrected chi connectivity index (χ0v) is 21.6. The summed E-state index contributed by atoms with van der Waals surface area (Å²) in [6.07, 6.45) is 6.79. The van der Waals surface area contributed by atoms with Gasteiger partial charge in [-0.05, 0) is 68.2 Å². The van der Waals surface area contributed by atoms with E-state index in [9.17, 15) is 4.79 Å². The topological polar surface area (TPSA) is 105 Å². The van der Waals surface area contributed by atoms with Crippen molar-refractivity contribution in [3.63, 3.8) is 0 Å². The highest BCUT2D eigenvalue weighted by Gasteiger charge is 2.42. The van der Waals surface area contributed by atoms with Crippen LogP contribution in [0.5, 0.6) is 11.5 Å². The number of nitrogens with one attached hydrogen (secondary N) is 1. The highest BCUT2D eigenvalue weighted by molar-refractivity contribution is 5.92. The lowest BCUT2D eigenvalue weighted by Gasteiger charge is -2.37. The van der Waals surface area contributed by atoms with E-state index in [0.29, 0.717) is 56.9 Å². The Morgan fingerprint density at radius 1 is 1.08 bits per heavy atom. The largest absolute Gasteiger partial charge is 0.459 e. The molecule has 9 nitrogen and oxygen atoms in total. The summed E-state index contributed by atoms with van der Waals surface area (Å²) in [5.41, 5.74) is 1.01. The number of carbonyl (C=O) groups excluding carboxylic acids is 1. The molecule has 6 unspecified atom stereocenters. The minimum atomic E-state index is -0.583. The van der Waals surface area contributed by atoms with Crippen LogP contribution in [-0.2, 0) is 23.7 Å². The van der Waals surface area contributed by atoms with E-state index in [-0.39, 0.29) is 37.2 Å². The maximum atomic E-state index is 13.4. The number of fused-ring (bicyclic) bond motifs is 3. The second-order valence-electron chi connectivity index (χ2n) is 10.3. The molecule has 37 heavy (non-hydrogen) atoms. The normalized spacial score (nSPS) is 29.7. The number of rotatable bonds is 13. The van der Waals surface area contributed by atoms with E-state index in [1.807, 2.05) is 31.2 Å². The molecule has 2 aliphatic carbocycles. The number of aliphatic hydroxyl groups is 1. The van der Waals surface area contributed by atoms with Crippen LogP contribution in [0.3, 0.4) is 0 Å². The minimum Gasteiger partial charge on any atom is -0.459 e. The third-order valence-electron chi connectivity index (χ3n) is 7.98. The van der Waals surface area contributed by atoms with Gasteiger partial charge in [-0.1, -0.05) is 12.5 Å². The maximum absolute atomic E-state index is 13.4. The predicted molar refractivity (Wildman–Crippen MR) is 134 cm³/mol. The van der Waals surface area contributed by atoms with Gasteiger partial charge in [0.25, 0.3) is 5.91 Å². The Hall–Kier alpha value is -2.33. The SMILES string of the molecule is CCOC1OC(C(=O)NC2CC3CCC2C3)=CC(c2ccc3c(c2)OCO3)C1CCOCCOCCO. The minimum absolute atomic E-state index is 0.00308. The van der Waals surface area contributed by atoms with Gasteiger partial charge >= 0.3 is 0 Å². The molecule has 5 rings (SSSR count). The second kappa shape index (κ2) is 12.5. The zero-order valence-electron chi connectivity index (χ0n) is 21.6. The molecule has 0 spiro atoms. The summed E-state index contributed by atoms with van der Waals surface area (Å²) in [6, 6.07) is 6.15. The van der Waals surface area contributed by atoms with Crippen molar-refractivity contribution < 1.29 is 38.3 Å². The molecule has 2 fully saturated rings. The fourth-order valence-corrected chi connectivity index (χ4v) is 6.21. The Morgan fingerprint density at radius 3 is 2.68 bits per heavy atom. The first-order valence-electron chi connectivity index (χ1n) is 13.6. The van der Waals surface area contributed by atoms with Crippen molar-refractivity contribution in [2.75, 3.05) is 46.4 Å². The van der Waals surface area contributed by atoms with E-state index in [0.717, 1.165) is 23.7 Å². The molecule has 0 aromatic heterocycles. The van der Waals surface area contributed by atoms with E-state index in [1.165, 1.54) is 19.3 Å². The van der Waals surface area contributed by atoms with E-state index >= 15 is 0 Å².